The molecule has 0 saturated carbocycles. The molecule has 1 aliphatic rings. The van der Waals surface area contributed by atoms with Crippen LogP contribution in [0.5, 0.6) is 0 Å². The molecule has 1 aromatic heterocycles. The summed E-state index contributed by atoms with van der Waals surface area (Å²) in [6.07, 6.45) is 4.51. The Kier molecular flexibility index (Phi) is 3.53. The van der Waals surface area contributed by atoms with Gasteiger partial charge in [0.15, 0.2) is 0 Å². The van der Waals surface area contributed by atoms with Crippen LogP contribution in [0.1, 0.15) is 32.3 Å². The van der Waals surface area contributed by atoms with Crippen LogP contribution >= 0.6 is 15.9 Å². The lowest BCUT2D eigenvalue weighted by Gasteiger charge is -2.38. The van der Waals surface area contributed by atoms with Crippen molar-refractivity contribution in [1.29, 1.82) is 0 Å². The number of aromatic nitrogens is 1. The largest absolute Gasteiger partial charge is 0.353 e. The van der Waals surface area contributed by atoms with Gasteiger partial charge in [-0.25, -0.2) is 4.98 Å². The molecular formula is C13H19BrN2. The molecule has 1 fully saturated rings. The molecule has 0 aliphatic carbocycles. The number of halogens is 1. The SMILES string of the molecule is Cc1ccnc(N2CC(C)CCC2C)c1Br. The standard InChI is InChI=1S/C13H19BrN2/c1-9-4-5-11(3)16(8-9)13-12(14)10(2)6-7-15-13/h6-7,9,11H,4-5,8H2,1-3H3. The molecule has 2 nitrogen and oxygen atoms in total. The number of hydrogen-bond acceptors (Lipinski definition) is 2. The van der Waals surface area contributed by atoms with Gasteiger partial charge in [0.05, 0.1) is 4.47 Å². The van der Waals surface area contributed by atoms with E-state index in [0.29, 0.717) is 6.04 Å². The summed E-state index contributed by atoms with van der Waals surface area (Å²) in [7, 11) is 0. The summed E-state index contributed by atoms with van der Waals surface area (Å²) in [5, 5.41) is 0. The van der Waals surface area contributed by atoms with E-state index in [4.69, 9.17) is 0 Å². The molecule has 0 bridgehead atoms. The van der Waals surface area contributed by atoms with Crippen LogP contribution in [0.15, 0.2) is 16.7 Å². The minimum atomic E-state index is 0.599. The smallest absolute Gasteiger partial charge is 0.143 e. The number of aryl methyl sites for hydroxylation is 1. The van der Waals surface area contributed by atoms with E-state index in [1.54, 1.807) is 0 Å². The summed E-state index contributed by atoms with van der Waals surface area (Å²) in [6, 6.07) is 2.65. The van der Waals surface area contributed by atoms with Crippen molar-refractivity contribution in [2.45, 2.75) is 39.7 Å². The maximum Gasteiger partial charge on any atom is 0.143 e. The first-order valence-electron chi connectivity index (χ1n) is 5.97. The second-order valence-corrected chi connectivity index (χ2v) is 5.74. The zero-order valence-corrected chi connectivity index (χ0v) is 11.8. The van der Waals surface area contributed by atoms with E-state index in [1.165, 1.54) is 18.4 Å². The van der Waals surface area contributed by atoms with E-state index in [2.05, 4.69) is 46.6 Å². The first-order chi connectivity index (χ1) is 7.59. The van der Waals surface area contributed by atoms with Crippen LogP contribution in [0, 0.1) is 12.8 Å². The average Bonchev–Trinajstić information content (AvgIpc) is 2.26. The van der Waals surface area contributed by atoms with Crippen molar-refractivity contribution in [3.63, 3.8) is 0 Å². The highest BCUT2D eigenvalue weighted by Crippen LogP contribution is 2.32. The monoisotopic (exact) mass is 282 g/mol. The number of nitrogens with zero attached hydrogens (tertiary/aromatic N) is 2. The summed E-state index contributed by atoms with van der Waals surface area (Å²) in [4.78, 5) is 6.96. The molecule has 0 amide bonds. The van der Waals surface area contributed by atoms with E-state index in [1.807, 2.05) is 12.3 Å². The highest BCUT2D eigenvalue weighted by Gasteiger charge is 2.25. The third-order valence-corrected chi connectivity index (χ3v) is 4.43. The van der Waals surface area contributed by atoms with Crippen molar-refractivity contribution in [3.8, 4) is 0 Å². The number of rotatable bonds is 1. The molecule has 2 rings (SSSR count). The van der Waals surface area contributed by atoms with Gasteiger partial charge in [0.25, 0.3) is 0 Å². The first kappa shape index (κ1) is 11.9. The Hall–Kier alpha value is -0.570. The van der Waals surface area contributed by atoms with Gasteiger partial charge in [-0.15, -0.1) is 0 Å². The summed E-state index contributed by atoms with van der Waals surface area (Å²) < 4.78 is 1.15. The predicted molar refractivity (Wildman–Crippen MR) is 71.9 cm³/mol. The number of piperidine rings is 1. The highest BCUT2D eigenvalue weighted by molar-refractivity contribution is 9.10. The van der Waals surface area contributed by atoms with Crippen LogP contribution in [0.2, 0.25) is 0 Å². The molecular weight excluding hydrogens is 264 g/mol. The lowest BCUT2D eigenvalue weighted by atomic mass is 9.95. The second kappa shape index (κ2) is 4.74. The maximum absolute atomic E-state index is 4.53. The number of pyridine rings is 1. The molecule has 2 atom stereocenters. The molecule has 3 heteroatoms. The third kappa shape index (κ3) is 2.24. The van der Waals surface area contributed by atoms with Crippen LogP contribution in [0.25, 0.3) is 0 Å². The van der Waals surface area contributed by atoms with Gasteiger partial charge >= 0.3 is 0 Å². The minimum Gasteiger partial charge on any atom is -0.353 e. The van der Waals surface area contributed by atoms with Crippen molar-refractivity contribution in [1.82, 2.24) is 4.98 Å². The van der Waals surface area contributed by atoms with Crippen LogP contribution in [0.3, 0.4) is 0 Å². The third-order valence-electron chi connectivity index (χ3n) is 3.45. The molecule has 1 aromatic rings. The summed E-state index contributed by atoms with van der Waals surface area (Å²) in [5.74, 6) is 1.88. The Morgan fingerprint density at radius 2 is 2.12 bits per heavy atom. The Bertz CT molecular complexity index is 378. The number of hydrogen-bond donors (Lipinski definition) is 0. The lowest BCUT2D eigenvalue weighted by Crippen LogP contribution is -2.41. The molecule has 0 spiro atoms. The normalized spacial score (nSPS) is 25.9. The Morgan fingerprint density at radius 1 is 1.38 bits per heavy atom. The molecule has 0 N–H and O–H groups in total. The molecule has 2 heterocycles. The second-order valence-electron chi connectivity index (χ2n) is 4.95. The molecule has 2 unspecified atom stereocenters. The van der Waals surface area contributed by atoms with Crippen molar-refractivity contribution >= 4 is 21.7 Å². The van der Waals surface area contributed by atoms with Gasteiger partial charge in [0.2, 0.25) is 0 Å². The Labute approximate surface area is 106 Å². The quantitative estimate of drug-likeness (QED) is 0.779. The van der Waals surface area contributed by atoms with Gasteiger partial charge in [-0.3, -0.25) is 0 Å². The van der Waals surface area contributed by atoms with Gasteiger partial charge in [-0.2, -0.15) is 0 Å². The average molecular weight is 283 g/mol. The first-order valence-corrected chi connectivity index (χ1v) is 6.76. The van der Waals surface area contributed by atoms with Crippen molar-refractivity contribution in [3.05, 3.63) is 22.3 Å². The number of anilines is 1. The van der Waals surface area contributed by atoms with Crippen LogP contribution in [-0.4, -0.2) is 17.6 Å². The maximum atomic E-state index is 4.53. The molecule has 1 aliphatic heterocycles. The topological polar surface area (TPSA) is 16.1 Å². The van der Waals surface area contributed by atoms with E-state index in [9.17, 15) is 0 Å². The fourth-order valence-electron chi connectivity index (χ4n) is 2.31. The fourth-order valence-corrected chi connectivity index (χ4v) is 2.77. The van der Waals surface area contributed by atoms with E-state index < -0.39 is 0 Å². The van der Waals surface area contributed by atoms with Crippen molar-refractivity contribution in [2.75, 3.05) is 11.4 Å². The molecule has 88 valence electrons. The zero-order chi connectivity index (χ0) is 11.7. The predicted octanol–water partition coefficient (Wildman–Crippen LogP) is 3.78. The fraction of sp³-hybridized carbons (Fsp3) is 0.615. The molecule has 0 radical (unpaired) electrons. The Morgan fingerprint density at radius 3 is 2.88 bits per heavy atom. The summed E-state index contributed by atoms with van der Waals surface area (Å²) in [6.45, 7) is 7.86. The Balaban J connectivity index is 2.31. The van der Waals surface area contributed by atoms with Gasteiger partial charge < -0.3 is 4.90 Å². The molecule has 16 heavy (non-hydrogen) atoms. The minimum absolute atomic E-state index is 0.599. The van der Waals surface area contributed by atoms with Crippen molar-refractivity contribution in [2.24, 2.45) is 5.92 Å². The van der Waals surface area contributed by atoms with Crippen LogP contribution in [-0.2, 0) is 0 Å². The highest BCUT2D eigenvalue weighted by atomic mass is 79.9. The van der Waals surface area contributed by atoms with Gasteiger partial charge in [-0.1, -0.05) is 6.92 Å². The lowest BCUT2D eigenvalue weighted by molar-refractivity contribution is 0.387. The zero-order valence-electron chi connectivity index (χ0n) is 10.2. The van der Waals surface area contributed by atoms with Crippen LogP contribution < -0.4 is 4.90 Å². The van der Waals surface area contributed by atoms with E-state index >= 15 is 0 Å². The molecule has 0 aromatic carbocycles. The van der Waals surface area contributed by atoms with Gasteiger partial charge in [-0.05, 0) is 60.2 Å². The summed E-state index contributed by atoms with van der Waals surface area (Å²) in [5.41, 5.74) is 1.26. The van der Waals surface area contributed by atoms with Crippen LogP contribution in [0.4, 0.5) is 5.82 Å². The van der Waals surface area contributed by atoms with Gasteiger partial charge in [0, 0.05) is 18.8 Å². The van der Waals surface area contributed by atoms with Gasteiger partial charge in [0.1, 0.15) is 5.82 Å². The summed E-state index contributed by atoms with van der Waals surface area (Å²) >= 11 is 3.66. The molecule has 1 saturated heterocycles. The van der Waals surface area contributed by atoms with E-state index in [-0.39, 0.29) is 0 Å². The van der Waals surface area contributed by atoms with Crippen molar-refractivity contribution < 1.29 is 0 Å². The van der Waals surface area contributed by atoms with E-state index in [0.717, 1.165) is 22.8 Å².